The number of hydrogen-bond donors (Lipinski definition) is 2. The number of aliphatic carboxylic acids is 1. The molecule has 0 saturated carbocycles. The normalized spacial score (nSPS) is 12.8. The molecule has 0 saturated heterocycles. The molecule has 23 heavy (non-hydrogen) atoms. The van der Waals surface area contributed by atoms with Gasteiger partial charge >= 0.3 is 5.97 Å². The lowest BCUT2D eigenvalue weighted by Crippen LogP contribution is -2.42. The van der Waals surface area contributed by atoms with Gasteiger partial charge < -0.3 is 5.11 Å². The number of carboxylic acids is 1. The van der Waals surface area contributed by atoms with Crippen LogP contribution in [-0.2, 0) is 21.2 Å². The number of carboxylic acid groups (broad SMARTS) is 1. The molecule has 5 nitrogen and oxygen atoms in total. The first kappa shape index (κ1) is 17.7. The van der Waals surface area contributed by atoms with Gasteiger partial charge in [-0.15, -0.1) is 0 Å². The zero-order valence-corrected chi connectivity index (χ0v) is 14.1. The Morgan fingerprint density at radius 1 is 1.13 bits per heavy atom. The first-order valence-electron chi connectivity index (χ1n) is 6.54. The summed E-state index contributed by atoms with van der Waals surface area (Å²) in [7, 11) is -4.13. The Labute approximate surface area is 143 Å². The summed E-state index contributed by atoms with van der Waals surface area (Å²) in [6.07, 6.45) is 0.00753. The lowest BCUT2D eigenvalue weighted by Gasteiger charge is -2.15. The van der Waals surface area contributed by atoms with E-state index in [0.717, 1.165) is 0 Å². The zero-order chi connectivity index (χ0) is 17.0. The van der Waals surface area contributed by atoms with E-state index in [1.165, 1.54) is 18.2 Å². The van der Waals surface area contributed by atoms with Gasteiger partial charge in [0.1, 0.15) is 10.9 Å². The van der Waals surface area contributed by atoms with Crippen molar-refractivity contribution >= 4 is 39.2 Å². The van der Waals surface area contributed by atoms with Crippen molar-refractivity contribution in [2.45, 2.75) is 17.4 Å². The van der Waals surface area contributed by atoms with E-state index in [4.69, 9.17) is 23.2 Å². The van der Waals surface area contributed by atoms with Gasteiger partial charge in [0.2, 0.25) is 10.0 Å². The lowest BCUT2D eigenvalue weighted by molar-refractivity contribution is -0.138. The predicted molar refractivity (Wildman–Crippen MR) is 88.4 cm³/mol. The second-order valence-corrected chi connectivity index (χ2v) is 7.30. The van der Waals surface area contributed by atoms with Crippen molar-refractivity contribution in [3.63, 3.8) is 0 Å². The van der Waals surface area contributed by atoms with Crippen LogP contribution in [0.2, 0.25) is 10.0 Å². The molecule has 0 heterocycles. The fourth-order valence-corrected chi connectivity index (χ4v) is 3.91. The van der Waals surface area contributed by atoms with Gasteiger partial charge in [0.15, 0.2) is 0 Å². The van der Waals surface area contributed by atoms with Gasteiger partial charge in [0.25, 0.3) is 0 Å². The van der Waals surface area contributed by atoms with E-state index in [9.17, 15) is 18.3 Å². The first-order valence-corrected chi connectivity index (χ1v) is 8.77. The second-order valence-electron chi connectivity index (χ2n) is 4.78. The molecule has 1 atom stereocenters. The predicted octanol–water partition coefficient (Wildman–Crippen LogP) is 2.97. The van der Waals surface area contributed by atoms with Crippen molar-refractivity contribution in [1.29, 1.82) is 0 Å². The Bertz CT molecular complexity index is 809. The van der Waals surface area contributed by atoms with Crippen LogP contribution in [0, 0.1) is 0 Å². The van der Waals surface area contributed by atoms with Crippen molar-refractivity contribution in [1.82, 2.24) is 4.72 Å². The minimum Gasteiger partial charge on any atom is -0.480 e. The number of halogens is 2. The van der Waals surface area contributed by atoms with Crippen molar-refractivity contribution in [2.24, 2.45) is 0 Å². The van der Waals surface area contributed by atoms with Crippen molar-refractivity contribution in [3.8, 4) is 0 Å². The van der Waals surface area contributed by atoms with E-state index < -0.39 is 22.0 Å². The van der Waals surface area contributed by atoms with Crippen molar-refractivity contribution < 1.29 is 18.3 Å². The molecule has 8 heteroatoms. The van der Waals surface area contributed by atoms with Crippen LogP contribution >= 0.6 is 23.2 Å². The van der Waals surface area contributed by atoms with Gasteiger partial charge in [0.05, 0.1) is 5.02 Å². The number of sulfonamides is 1. The number of hydrogen-bond acceptors (Lipinski definition) is 3. The summed E-state index contributed by atoms with van der Waals surface area (Å²) >= 11 is 11.7. The summed E-state index contributed by atoms with van der Waals surface area (Å²) in [5.74, 6) is -1.28. The van der Waals surface area contributed by atoms with E-state index in [1.807, 2.05) is 0 Å². The molecule has 0 aliphatic heterocycles. The van der Waals surface area contributed by atoms with Crippen LogP contribution in [0.4, 0.5) is 0 Å². The second kappa shape index (κ2) is 7.31. The number of rotatable bonds is 6. The summed E-state index contributed by atoms with van der Waals surface area (Å²) in [4.78, 5) is 11.1. The molecule has 0 spiro atoms. The van der Waals surface area contributed by atoms with Gasteiger partial charge in [-0.05, 0) is 30.2 Å². The Balaban J connectivity index is 2.28. The molecule has 0 amide bonds. The van der Waals surface area contributed by atoms with Gasteiger partial charge in [-0.2, -0.15) is 4.72 Å². The molecule has 0 bridgehead atoms. The van der Waals surface area contributed by atoms with E-state index in [1.54, 1.807) is 30.3 Å². The molecule has 0 aliphatic rings. The molecule has 0 aromatic heterocycles. The van der Waals surface area contributed by atoms with Gasteiger partial charge in [0, 0.05) is 5.02 Å². The Kier molecular flexibility index (Phi) is 5.64. The monoisotopic (exact) mass is 373 g/mol. The quantitative estimate of drug-likeness (QED) is 0.814. The highest BCUT2D eigenvalue weighted by Crippen LogP contribution is 2.25. The summed E-state index contributed by atoms with van der Waals surface area (Å²) in [6.45, 7) is 0. The zero-order valence-electron chi connectivity index (χ0n) is 11.7. The fraction of sp³-hybridized carbons (Fsp3) is 0.133. The fourth-order valence-electron chi connectivity index (χ4n) is 1.96. The SMILES string of the molecule is O=C(O)[C@H](Cc1ccccc1)NS(=O)(=O)c1cc(Cl)ccc1Cl. The van der Waals surface area contributed by atoms with Crippen molar-refractivity contribution in [2.75, 3.05) is 0 Å². The van der Waals surface area contributed by atoms with E-state index in [0.29, 0.717) is 5.56 Å². The third-order valence-electron chi connectivity index (χ3n) is 3.06. The van der Waals surface area contributed by atoms with Gasteiger partial charge in [-0.1, -0.05) is 53.5 Å². The third-order valence-corrected chi connectivity index (χ3v) is 5.25. The number of benzene rings is 2. The van der Waals surface area contributed by atoms with Crippen LogP contribution in [0.3, 0.4) is 0 Å². The van der Waals surface area contributed by atoms with E-state index in [-0.39, 0.29) is 21.4 Å². The molecule has 122 valence electrons. The molecule has 2 rings (SSSR count). The van der Waals surface area contributed by atoms with Crippen LogP contribution in [0.25, 0.3) is 0 Å². The van der Waals surface area contributed by atoms with Crippen molar-refractivity contribution in [3.05, 3.63) is 64.1 Å². The molecular formula is C15H13Cl2NO4S. The van der Waals surface area contributed by atoms with Crippen LogP contribution in [0.1, 0.15) is 5.56 Å². The minimum absolute atomic E-state index is 0.00753. The average Bonchev–Trinajstić information content (AvgIpc) is 2.49. The summed E-state index contributed by atoms with van der Waals surface area (Å²) in [5, 5.41) is 9.43. The highest BCUT2D eigenvalue weighted by molar-refractivity contribution is 7.89. The smallest absolute Gasteiger partial charge is 0.322 e. The van der Waals surface area contributed by atoms with Crippen LogP contribution in [0.5, 0.6) is 0 Å². The molecule has 0 unspecified atom stereocenters. The highest BCUT2D eigenvalue weighted by atomic mass is 35.5. The van der Waals surface area contributed by atoms with E-state index in [2.05, 4.69) is 4.72 Å². The third kappa shape index (κ3) is 4.68. The highest BCUT2D eigenvalue weighted by Gasteiger charge is 2.27. The maximum atomic E-state index is 12.4. The van der Waals surface area contributed by atoms with Gasteiger partial charge in [-0.3, -0.25) is 4.79 Å². The standard InChI is InChI=1S/C15H13Cl2NO4S/c16-11-6-7-12(17)14(9-11)23(21,22)18-13(15(19)20)8-10-4-2-1-3-5-10/h1-7,9,13,18H,8H2,(H,19,20)/t13-/m0/s1. The average molecular weight is 374 g/mol. The molecule has 2 aromatic carbocycles. The molecule has 0 radical (unpaired) electrons. The molecular weight excluding hydrogens is 361 g/mol. The van der Waals surface area contributed by atoms with Crippen LogP contribution in [0.15, 0.2) is 53.4 Å². The maximum Gasteiger partial charge on any atom is 0.322 e. The maximum absolute atomic E-state index is 12.4. The summed E-state index contributed by atoms with van der Waals surface area (Å²) in [6, 6.07) is 11.4. The molecule has 2 aromatic rings. The molecule has 0 aliphatic carbocycles. The van der Waals surface area contributed by atoms with Crippen LogP contribution in [-0.4, -0.2) is 25.5 Å². The summed E-state index contributed by atoms with van der Waals surface area (Å²) in [5.41, 5.74) is 0.694. The lowest BCUT2D eigenvalue weighted by atomic mass is 10.1. The topological polar surface area (TPSA) is 83.5 Å². The van der Waals surface area contributed by atoms with Crippen LogP contribution < -0.4 is 4.72 Å². The molecule has 0 fully saturated rings. The summed E-state index contributed by atoms with van der Waals surface area (Å²) < 4.78 is 26.9. The molecule has 2 N–H and O–H groups in total. The Hall–Kier alpha value is -1.60. The Morgan fingerprint density at radius 2 is 1.78 bits per heavy atom. The largest absolute Gasteiger partial charge is 0.480 e. The Morgan fingerprint density at radius 3 is 2.39 bits per heavy atom. The number of nitrogens with one attached hydrogen (secondary N) is 1. The first-order chi connectivity index (χ1) is 10.8. The minimum atomic E-state index is -4.13. The number of carbonyl (C=O) groups is 1. The van der Waals surface area contributed by atoms with E-state index >= 15 is 0 Å². The van der Waals surface area contributed by atoms with Gasteiger partial charge in [-0.25, -0.2) is 8.42 Å².